The smallest absolute Gasteiger partial charge is 0.214 e. The second-order valence-electron chi connectivity index (χ2n) is 9.78. The maximum atomic E-state index is 12.2. The monoisotopic (exact) mass is 484 g/mol. The Hall–Kier alpha value is -2.63. The van der Waals surface area contributed by atoms with E-state index >= 15 is 0 Å². The molecule has 3 aromatic heterocycles. The zero-order chi connectivity index (χ0) is 23.9. The normalized spacial score (nSPS) is 19.0. The highest BCUT2D eigenvalue weighted by molar-refractivity contribution is 7.89. The third-order valence-corrected chi connectivity index (χ3v) is 9.22. The number of piperidine rings is 1. The summed E-state index contributed by atoms with van der Waals surface area (Å²) >= 11 is 0. The summed E-state index contributed by atoms with van der Waals surface area (Å²) in [7, 11) is 0.0378. The summed E-state index contributed by atoms with van der Waals surface area (Å²) < 4.78 is 25.6. The van der Waals surface area contributed by atoms with Gasteiger partial charge in [0.05, 0.1) is 29.2 Å². The fourth-order valence-corrected chi connectivity index (χ4v) is 6.00. The van der Waals surface area contributed by atoms with Crippen LogP contribution < -0.4 is 4.90 Å². The SMILES string of the molecule is Cc1[nH]ncc1-c1nc(N2CCC3(CCN(CCS(=O)(=O)N(C)C)C3)CC2)c2ccncc2n1. The van der Waals surface area contributed by atoms with Crippen molar-refractivity contribution >= 4 is 26.7 Å². The van der Waals surface area contributed by atoms with Gasteiger partial charge in [-0.25, -0.2) is 22.7 Å². The van der Waals surface area contributed by atoms with Gasteiger partial charge in [-0.15, -0.1) is 0 Å². The fraction of sp³-hybridized carbons (Fsp3) is 0.565. The van der Waals surface area contributed by atoms with E-state index < -0.39 is 10.0 Å². The zero-order valence-electron chi connectivity index (χ0n) is 20.0. The summed E-state index contributed by atoms with van der Waals surface area (Å²) in [6, 6.07) is 1.99. The molecule has 0 amide bonds. The lowest BCUT2D eigenvalue weighted by molar-refractivity contribution is 0.212. The van der Waals surface area contributed by atoms with Gasteiger partial charge in [0.15, 0.2) is 5.82 Å². The molecule has 2 saturated heterocycles. The first kappa shape index (κ1) is 23.1. The molecule has 0 radical (unpaired) electrons. The van der Waals surface area contributed by atoms with Crippen LogP contribution in [-0.4, -0.2) is 95.3 Å². The molecule has 1 spiro atoms. The van der Waals surface area contributed by atoms with Gasteiger partial charge in [-0.3, -0.25) is 10.1 Å². The minimum atomic E-state index is -3.16. The van der Waals surface area contributed by atoms with Gasteiger partial charge >= 0.3 is 0 Å². The predicted molar refractivity (Wildman–Crippen MR) is 132 cm³/mol. The lowest BCUT2D eigenvalue weighted by atomic mass is 9.78. The molecule has 2 fully saturated rings. The van der Waals surface area contributed by atoms with Crippen molar-refractivity contribution < 1.29 is 8.42 Å². The molecule has 0 aromatic carbocycles. The summed E-state index contributed by atoms with van der Waals surface area (Å²) in [5.41, 5.74) is 2.93. The lowest BCUT2D eigenvalue weighted by Gasteiger charge is -2.40. The number of aryl methyl sites for hydroxylation is 1. The fourth-order valence-electron chi connectivity index (χ4n) is 5.15. The Balaban J connectivity index is 1.32. The van der Waals surface area contributed by atoms with Gasteiger partial charge in [0.25, 0.3) is 0 Å². The average molecular weight is 485 g/mol. The highest BCUT2D eigenvalue weighted by atomic mass is 32.2. The number of aromatic amines is 1. The Kier molecular flexibility index (Phi) is 6.03. The molecule has 0 atom stereocenters. The van der Waals surface area contributed by atoms with Crippen molar-refractivity contribution in [3.63, 3.8) is 0 Å². The van der Waals surface area contributed by atoms with Crippen molar-refractivity contribution in [2.45, 2.75) is 26.2 Å². The molecule has 34 heavy (non-hydrogen) atoms. The van der Waals surface area contributed by atoms with Crippen LogP contribution in [0.25, 0.3) is 22.3 Å². The standard InChI is InChI=1S/C23H32N8O2S/c1-17-19(14-25-28-17)21-26-20-15-24-8-4-18(20)22(27-21)31-10-6-23(7-11-31)5-9-30(16-23)12-13-34(32,33)29(2)3/h4,8,14-15H,5-7,9-13,16H2,1-3H3,(H,25,28). The molecular weight excluding hydrogens is 452 g/mol. The molecule has 0 saturated carbocycles. The number of nitrogens with one attached hydrogen (secondary N) is 1. The molecule has 182 valence electrons. The van der Waals surface area contributed by atoms with E-state index in [0.717, 1.165) is 73.4 Å². The third kappa shape index (κ3) is 4.39. The van der Waals surface area contributed by atoms with Crippen molar-refractivity contribution in [1.29, 1.82) is 0 Å². The van der Waals surface area contributed by atoms with Crippen LogP contribution in [0.1, 0.15) is 25.0 Å². The van der Waals surface area contributed by atoms with E-state index in [4.69, 9.17) is 9.97 Å². The first-order chi connectivity index (χ1) is 16.3. The van der Waals surface area contributed by atoms with Gasteiger partial charge in [-0.1, -0.05) is 0 Å². The second-order valence-corrected chi connectivity index (χ2v) is 12.1. The average Bonchev–Trinajstić information content (AvgIpc) is 3.44. The maximum Gasteiger partial charge on any atom is 0.214 e. The minimum absolute atomic E-state index is 0.180. The van der Waals surface area contributed by atoms with E-state index in [2.05, 4.69) is 25.0 Å². The van der Waals surface area contributed by atoms with E-state index in [1.807, 2.05) is 13.0 Å². The van der Waals surface area contributed by atoms with E-state index in [-0.39, 0.29) is 11.2 Å². The predicted octanol–water partition coefficient (Wildman–Crippen LogP) is 1.91. The van der Waals surface area contributed by atoms with Crippen LogP contribution in [-0.2, 0) is 10.0 Å². The van der Waals surface area contributed by atoms with Crippen molar-refractivity contribution in [2.75, 3.05) is 57.5 Å². The summed E-state index contributed by atoms with van der Waals surface area (Å²) in [5, 5.41) is 8.12. The largest absolute Gasteiger partial charge is 0.356 e. The van der Waals surface area contributed by atoms with E-state index in [0.29, 0.717) is 12.4 Å². The molecule has 10 nitrogen and oxygen atoms in total. The lowest BCUT2D eigenvalue weighted by Crippen LogP contribution is -2.42. The number of hydrogen-bond acceptors (Lipinski definition) is 8. The van der Waals surface area contributed by atoms with E-state index in [9.17, 15) is 8.42 Å². The minimum Gasteiger partial charge on any atom is -0.356 e. The third-order valence-electron chi connectivity index (χ3n) is 7.41. The Morgan fingerprint density at radius 3 is 2.59 bits per heavy atom. The number of nitrogens with zero attached hydrogens (tertiary/aromatic N) is 7. The molecule has 5 heterocycles. The van der Waals surface area contributed by atoms with Crippen molar-refractivity contribution in [3.05, 3.63) is 30.4 Å². The zero-order valence-corrected chi connectivity index (χ0v) is 20.8. The first-order valence-electron chi connectivity index (χ1n) is 11.8. The molecular formula is C23H32N8O2S. The van der Waals surface area contributed by atoms with E-state index in [1.54, 1.807) is 32.7 Å². The number of likely N-dealkylation sites (tertiary alicyclic amines) is 1. The number of fused-ring (bicyclic) bond motifs is 1. The van der Waals surface area contributed by atoms with Crippen molar-refractivity contribution in [3.8, 4) is 11.4 Å². The molecule has 5 rings (SSSR count). The Labute approximate surface area is 200 Å². The number of rotatable bonds is 6. The number of pyridine rings is 1. The summed E-state index contributed by atoms with van der Waals surface area (Å²) in [4.78, 5) is 18.7. The highest BCUT2D eigenvalue weighted by Gasteiger charge is 2.41. The second kappa shape index (κ2) is 8.86. The molecule has 2 aliphatic heterocycles. The molecule has 0 bridgehead atoms. The summed E-state index contributed by atoms with van der Waals surface area (Å²) in [5.74, 6) is 1.79. The quantitative estimate of drug-likeness (QED) is 0.565. The maximum absolute atomic E-state index is 12.2. The van der Waals surface area contributed by atoms with Crippen molar-refractivity contribution in [2.24, 2.45) is 5.41 Å². The van der Waals surface area contributed by atoms with Crippen molar-refractivity contribution in [1.82, 2.24) is 34.4 Å². The molecule has 1 N–H and O–H groups in total. The Morgan fingerprint density at radius 1 is 1.12 bits per heavy atom. The van der Waals surface area contributed by atoms with E-state index in [1.165, 1.54) is 4.31 Å². The van der Waals surface area contributed by atoms with Crippen LogP contribution in [0.3, 0.4) is 0 Å². The molecule has 2 aliphatic rings. The molecule has 0 aliphatic carbocycles. The summed E-state index contributed by atoms with van der Waals surface area (Å²) in [6.07, 6.45) is 8.62. The number of sulfonamides is 1. The number of aromatic nitrogens is 5. The first-order valence-corrected chi connectivity index (χ1v) is 13.4. The van der Waals surface area contributed by atoms with Crippen LogP contribution in [0.15, 0.2) is 24.7 Å². The summed E-state index contributed by atoms with van der Waals surface area (Å²) in [6.45, 7) is 6.35. The van der Waals surface area contributed by atoms with Gasteiger partial charge in [0, 0.05) is 57.6 Å². The Morgan fingerprint density at radius 2 is 1.88 bits per heavy atom. The Bertz CT molecular complexity index is 1280. The number of anilines is 1. The van der Waals surface area contributed by atoms with Gasteiger partial charge in [0.2, 0.25) is 10.0 Å². The van der Waals surface area contributed by atoms with Gasteiger partial charge in [0.1, 0.15) is 5.82 Å². The van der Waals surface area contributed by atoms with Crippen LogP contribution in [0.5, 0.6) is 0 Å². The van der Waals surface area contributed by atoms with Crippen LogP contribution >= 0.6 is 0 Å². The molecule has 3 aromatic rings. The van der Waals surface area contributed by atoms with Gasteiger partial charge in [-0.2, -0.15) is 5.10 Å². The topological polar surface area (TPSA) is 111 Å². The van der Waals surface area contributed by atoms with Crippen LogP contribution in [0.2, 0.25) is 0 Å². The highest BCUT2D eigenvalue weighted by Crippen LogP contribution is 2.42. The van der Waals surface area contributed by atoms with Crippen LogP contribution in [0, 0.1) is 12.3 Å². The van der Waals surface area contributed by atoms with Gasteiger partial charge in [-0.05, 0) is 44.2 Å². The number of hydrogen-bond donors (Lipinski definition) is 1. The van der Waals surface area contributed by atoms with Crippen LogP contribution in [0.4, 0.5) is 5.82 Å². The molecule has 0 unspecified atom stereocenters. The molecule has 11 heteroatoms. The van der Waals surface area contributed by atoms with Gasteiger partial charge < -0.3 is 9.80 Å². The number of H-pyrrole nitrogens is 1.